The first-order chi connectivity index (χ1) is 28.8. The molecule has 0 fully saturated rings. The first kappa shape index (κ1) is 32.4. The topological polar surface area (TPSA) is 35.6 Å². The number of aromatic nitrogens is 4. The Morgan fingerprint density at radius 2 is 0.793 bits per heavy atom. The zero-order valence-electron chi connectivity index (χ0n) is 31.4. The normalized spacial score (nSPS) is 11.8. The lowest BCUT2D eigenvalue weighted by atomic mass is 10.0. The summed E-state index contributed by atoms with van der Waals surface area (Å²) in [5.41, 5.74) is 13.4. The van der Waals surface area contributed by atoms with Crippen molar-refractivity contribution in [2.45, 2.75) is 0 Å². The summed E-state index contributed by atoms with van der Waals surface area (Å²) in [5, 5.41) is 8.29. The van der Waals surface area contributed by atoms with Crippen molar-refractivity contribution in [2.24, 2.45) is 0 Å². The van der Waals surface area contributed by atoms with Crippen LogP contribution in [0.4, 0.5) is 0 Å². The first-order valence-electron chi connectivity index (χ1n) is 19.7. The standard InChI is InChI=1S/C54H34N4/c1-3-14-36(15-4-1)52-45-30-25-35-13-7-8-18-42(35)53(45)56-54(55-52)37-23-28-41(29-24-37)58-49-22-12-10-20-44(49)47-34-39(27-32-51(47)58)38-26-31-50-46(33-38)43-19-9-11-21-48(43)57(50)40-16-5-2-6-17-40/h1-34H. The average Bonchev–Trinajstić information content (AvgIpc) is 3.81. The summed E-state index contributed by atoms with van der Waals surface area (Å²) in [6.07, 6.45) is 0. The van der Waals surface area contributed by atoms with Gasteiger partial charge in [0, 0.05) is 54.8 Å². The smallest absolute Gasteiger partial charge is 0.160 e. The minimum atomic E-state index is 0.713. The van der Waals surface area contributed by atoms with E-state index in [-0.39, 0.29) is 0 Å². The lowest BCUT2D eigenvalue weighted by Crippen LogP contribution is -1.97. The molecule has 0 atom stereocenters. The average molecular weight is 739 g/mol. The summed E-state index contributed by atoms with van der Waals surface area (Å²) in [6.45, 7) is 0. The van der Waals surface area contributed by atoms with Gasteiger partial charge < -0.3 is 9.13 Å². The van der Waals surface area contributed by atoms with E-state index >= 15 is 0 Å². The van der Waals surface area contributed by atoms with Crippen molar-refractivity contribution in [1.29, 1.82) is 0 Å². The summed E-state index contributed by atoms with van der Waals surface area (Å²) in [7, 11) is 0. The van der Waals surface area contributed by atoms with Crippen LogP contribution in [0.15, 0.2) is 206 Å². The molecule has 0 bridgehead atoms. The highest BCUT2D eigenvalue weighted by Crippen LogP contribution is 2.39. The third kappa shape index (κ3) is 5.02. The van der Waals surface area contributed by atoms with E-state index in [0.29, 0.717) is 5.82 Å². The van der Waals surface area contributed by atoms with Gasteiger partial charge in [-0.15, -0.1) is 0 Å². The highest BCUT2D eigenvalue weighted by atomic mass is 15.0. The number of fused-ring (bicyclic) bond motifs is 9. The maximum absolute atomic E-state index is 5.22. The fourth-order valence-electron chi connectivity index (χ4n) is 9.01. The molecule has 0 aliphatic rings. The molecule has 0 radical (unpaired) electrons. The van der Waals surface area contributed by atoms with Gasteiger partial charge in [0.05, 0.1) is 33.3 Å². The van der Waals surface area contributed by atoms with Crippen LogP contribution in [-0.4, -0.2) is 19.1 Å². The second-order valence-corrected chi connectivity index (χ2v) is 15.0. The van der Waals surface area contributed by atoms with E-state index in [1.807, 2.05) is 6.07 Å². The quantitative estimate of drug-likeness (QED) is 0.165. The maximum Gasteiger partial charge on any atom is 0.160 e. The van der Waals surface area contributed by atoms with Crippen LogP contribution < -0.4 is 0 Å². The third-order valence-corrected chi connectivity index (χ3v) is 11.7. The van der Waals surface area contributed by atoms with Crippen LogP contribution in [0.25, 0.3) is 110 Å². The van der Waals surface area contributed by atoms with Gasteiger partial charge in [-0.2, -0.15) is 0 Å². The molecule has 0 saturated heterocycles. The van der Waals surface area contributed by atoms with Crippen molar-refractivity contribution >= 4 is 65.3 Å². The Hall–Kier alpha value is -7.82. The molecular weight excluding hydrogens is 705 g/mol. The Bertz CT molecular complexity index is 3540. The molecule has 12 rings (SSSR count). The lowest BCUT2D eigenvalue weighted by Gasteiger charge is -2.12. The van der Waals surface area contributed by atoms with Gasteiger partial charge >= 0.3 is 0 Å². The van der Waals surface area contributed by atoms with Gasteiger partial charge in [-0.25, -0.2) is 9.97 Å². The second kappa shape index (κ2) is 12.9. The zero-order valence-corrected chi connectivity index (χ0v) is 31.4. The van der Waals surface area contributed by atoms with E-state index in [1.165, 1.54) is 65.8 Å². The van der Waals surface area contributed by atoms with Crippen LogP contribution in [0.2, 0.25) is 0 Å². The molecule has 0 aliphatic carbocycles. The summed E-state index contributed by atoms with van der Waals surface area (Å²) >= 11 is 0. The van der Waals surface area contributed by atoms with Crippen molar-refractivity contribution in [1.82, 2.24) is 19.1 Å². The molecule has 58 heavy (non-hydrogen) atoms. The Morgan fingerprint density at radius 3 is 1.43 bits per heavy atom. The maximum atomic E-state index is 5.22. The van der Waals surface area contributed by atoms with E-state index in [4.69, 9.17) is 9.97 Å². The summed E-state index contributed by atoms with van der Waals surface area (Å²) in [5.74, 6) is 0.713. The molecule has 0 unspecified atom stereocenters. The number of hydrogen-bond donors (Lipinski definition) is 0. The van der Waals surface area contributed by atoms with E-state index in [0.717, 1.165) is 38.8 Å². The Morgan fingerprint density at radius 1 is 0.293 bits per heavy atom. The molecule has 270 valence electrons. The molecule has 4 nitrogen and oxygen atoms in total. The molecule has 0 amide bonds. The molecule has 4 heteroatoms. The van der Waals surface area contributed by atoms with Gasteiger partial charge in [-0.3, -0.25) is 0 Å². The van der Waals surface area contributed by atoms with Crippen LogP contribution >= 0.6 is 0 Å². The zero-order chi connectivity index (χ0) is 38.2. The lowest BCUT2D eigenvalue weighted by molar-refractivity contribution is 1.17. The predicted octanol–water partition coefficient (Wildman–Crippen LogP) is 14.0. The van der Waals surface area contributed by atoms with Crippen molar-refractivity contribution in [3.8, 4) is 45.1 Å². The summed E-state index contributed by atoms with van der Waals surface area (Å²) in [4.78, 5) is 10.4. The Kier molecular flexibility index (Phi) is 7.20. The molecule has 0 aliphatic heterocycles. The molecular formula is C54H34N4. The summed E-state index contributed by atoms with van der Waals surface area (Å²) in [6, 6.07) is 73.8. The van der Waals surface area contributed by atoms with Gasteiger partial charge in [0.25, 0.3) is 0 Å². The minimum absolute atomic E-state index is 0.713. The molecule has 0 N–H and O–H groups in total. The molecule has 0 spiro atoms. The molecule has 0 saturated carbocycles. The fourth-order valence-corrected chi connectivity index (χ4v) is 9.01. The van der Waals surface area contributed by atoms with Gasteiger partial charge in [-0.1, -0.05) is 127 Å². The van der Waals surface area contributed by atoms with Gasteiger partial charge in [0.15, 0.2) is 5.82 Å². The summed E-state index contributed by atoms with van der Waals surface area (Å²) < 4.78 is 4.74. The van der Waals surface area contributed by atoms with Crippen LogP contribution in [0.3, 0.4) is 0 Å². The number of benzene rings is 9. The van der Waals surface area contributed by atoms with Crippen LogP contribution in [0, 0.1) is 0 Å². The highest BCUT2D eigenvalue weighted by molar-refractivity contribution is 6.13. The second-order valence-electron chi connectivity index (χ2n) is 15.0. The van der Waals surface area contributed by atoms with Crippen molar-refractivity contribution < 1.29 is 0 Å². The van der Waals surface area contributed by atoms with E-state index < -0.39 is 0 Å². The predicted molar refractivity (Wildman–Crippen MR) is 242 cm³/mol. The molecule has 3 heterocycles. The van der Waals surface area contributed by atoms with Crippen molar-refractivity contribution in [2.75, 3.05) is 0 Å². The largest absolute Gasteiger partial charge is 0.309 e. The minimum Gasteiger partial charge on any atom is -0.309 e. The van der Waals surface area contributed by atoms with Crippen LogP contribution in [0.5, 0.6) is 0 Å². The Labute approximate surface area is 334 Å². The van der Waals surface area contributed by atoms with Gasteiger partial charge in [0.2, 0.25) is 0 Å². The fraction of sp³-hybridized carbons (Fsp3) is 0. The molecule has 12 aromatic rings. The number of nitrogens with zero attached hydrogens (tertiary/aromatic N) is 4. The van der Waals surface area contributed by atoms with E-state index in [9.17, 15) is 0 Å². The number of rotatable bonds is 5. The Balaban J connectivity index is 0.976. The highest BCUT2D eigenvalue weighted by Gasteiger charge is 2.18. The SMILES string of the molecule is c1ccc(-c2nc(-c3ccc(-n4c5ccccc5c5cc(-c6ccc7c(c6)c6ccccc6n7-c6ccccc6)ccc54)cc3)nc3c2ccc2ccccc23)cc1. The number of hydrogen-bond acceptors (Lipinski definition) is 2. The van der Waals surface area contributed by atoms with E-state index in [2.05, 4.69) is 209 Å². The first-order valence-corrected chi connectivity index (χ1v) is 19.7. The van der Waals surface area contributed by atoms with Crippen molar-refractivity contribution in [3.05, 3.63) is 206 Å². The van der Waals surface area contributed by atoms with E-state index in [1.54, 1.807) is 0 Å². The number of para-hydroxylation sites is 3. The monoisotopic (exact) mass is 738 g/mol. The van der Waals surface area contributed by atoms with Crippen LogP contribution in [0.1, 0.15) is 0 Å². The third-order valence-electron chi connectivity index (χ3n) is 11.7. The van der Waals surface area contributed by atoms with Gasteiger partial charge in [-0.05, 0) is 95.4 Å². The van der Waals surface area contributed by atoms with Crippen LogP contribution in [-0.2, 0) is 0 Å². The molecule has 9 aromatic carbocycles. The van der Waals surface area contributed by atoms with Crippen molar-refractivity contribution in [3.63, 3.8) is 0 Å². The van der Waals surface area contributed by atoms with Gasteiger partial charge in [0.1, 0.15) is 0 Å². The molecule has 3 aromatic heterocycles.